The molecule has 1 fully saturated rings. The zero-order chi connectivity index (χ0) is 20.1. The third kappa shape index (κ3) is 5.20. The number of carbonyl (C=O) groups excluding carboxylic acids is 1. The van der Waals surface area contributed by atoms with Crippen molar-refractivity contribution in [1.29, 1.82) is 0 Å². The molecular formula is C20H23NO5S2. The summed E-state index contributed by atoms with van der Waals surface area (Å²) in [5.74, 6) is 1.92. The van der Waals surface area contributed by atoms with Crippen LogP contribution in [0.2, 0.25) is 0 Å². The average molecular weight is 422 g/mol. The number of hydrogen-bond donors (Lipinski definition) is 1. The van der Waals surface area contributed by atoms with Crippen molar-refractivity contribution in [2.24, 2.45) is 0 Å². The lowest BCUT2D eigenvalue weighted by atomic mass is 10.0. The van der Waals surface area contributed by atoms with E-state index >= 15 is 0 Å². The molecule has 0 aliphatic carbocycles. The highest BCUT2D eigenvalue weighted by atomic mass is 32.2. The lowest BCUT2D eigenvalue weighted by Gasteiger charge is -2.13. The highest BCUT2D eigenvalue weighted by Crippen LogP contribution is 2.33. The van der Waals surface area contributed by atoms with Gasteiger partial charge in [0.05, 0.1) is 31.5 Å². The molecule has 150 valence electrons. The fourth-order valence-electron chi connectivity index (χ4n) is 3.06. The molecule has 0 bridgehead atoms. The second kappa shape index (κ2) is 8.87. The van der Waals surface area contributed by atoms with Gasteiger partial charge in [0.25, 0.3) is 0 Å². The molecule has 1 atom stereocenters. The van der Waals surface area contributed by atoms with Gasteiger partial charge in [-0.2, -0.15) is 0 Å². The van der Waals surface area contributed by atoms with Crippen molar-refractivity contribution in [3.63, 3.8) is 0 Å². The van der Waals surface area contributed by atoms with Crippen molar-refractivity contribution < 1.29 is 22.7 Å². The number of amides is 1. The highest BCUT2D eigenvalue weighted by molar-refractivity contribution is 8.02. The van der Waals surface area contributed by atoms with E-state index in [4.69, 9.17) is 9.47 Å². The molecule has 28 heavy (non-hydrogen) atoms. The maximum Gasteiger partial charge on any atom is 0.234 e. The van der Waals surface area contributed by atoms with Gasteiger partial charge in [-0.1, -0.05) is 12.1 Å². The first-order valence-electron chi connectivity index (χ1n) is 8.84. The Labute approximate surface area is 169 Å². The Kier molecular flexibility index (Phi) is 6.51. The molecule has 1 amide bonds. The Hall–Kier alpha value is -2.19. The number of sulfone groups is 1. The molecule has 0 unspecified atom stereocenters. The van der Waals surface area contributed by atoms with E-state index in [1.165, 1.54) is 11.8 Å². The third-order valence-electron chi connectivity index (χ3n) is 4.53. The first-order chi connectivity index (χ1) is 13.4. The summed E-state index contributed by atoms with van der Waals surface area (Å²) < 4.78 is 33.7. The van der Waals surface area contributed by atoms with Crippen LogP contribution in [0, 0.1) is 0 Å². The fraction of sp³-hybridized carbons (Fsp3) is 0.350. The smallest absolute Gasteiger partial charge is 0.234 e. The Morgan fingerprint density at radius 2 is 1.89 bits per heavy atom. The van der Waals surface area contributed by atoms with Crippen LogP contribution in [0.25, 0.3) is 11.1 Å². The van der Waals surface area contributed by atoms with Gasteiger partial charge >= 0.3 is 0 Å². The number of hydrogen-bond acceptors (Lipinski definition) is 6. The zero-order valence-corrected chi connectivity index (χ0v) is 17.4. The number of anilines is 1. The molecule has 1 N–H and O–H groups in total. The maximum absolute atomic E-state index is 12.3. The summed E-state index contributed by atoms with van der Waals surface area (Å²) in [5, 5.41) is 2.88. The van der Waals surface area contributed by atoms with E-state index in [2.05, 4.69) is 5.32 Å². The van der Waals surface area contributed by atoms with Crippen LogP contribution in [0.4, 0.5) is 5.69 Å². The van der Waals surface area contributed by atoms with Crippen LogP contribution < -0.4 is 14.8 Å². The number of carbonyl (C=O) groups is 1. The van der Waals surface area contributed by atoms with E-state index in [9.17, 15) is 13.2 Å². The number of benzene rings is 2. The Balaban J connectivity index is 1.67. The summed E-state index contributed by atoms with van der Waals surface area (Å²) >= 11 is 1.40. The van der Waals surface area contributed by atoms with Gasteiger partial charge in [0.15, 0.2) is 9.84 Å². The molecule has 1 saturated heterocycles. The van der Waals surface area contributed by atoms with Crippen molar-refractivity contribution in [3.05, 3.63) is 42.5 Å². The van der Waals surface area contributed by atoms with E-state index in [0.29, 0.717) is 17.9 Å². The zero-order valence-electron chi connectivity index (χ0n) is 15.8. The minimum absolute atomic E-state index is 0.00137. The summed E-state index contributed by atoms with van der Waals surface area (Å²) in [7, 11) is 0.293. The van der Waals surface area contributed by atoms with Crippen LogP contribution >= 0.6 is 11.8 Å². The van der Waals surface area contributed by atoms with Gasteiger partial charge in [0.1, 0.15) is 11.5 Å². The standard InChI is InChI=1S/C20H23NO5S2/c1-25-16-6-3-14(4-7-16)18-11-15(5-8-19(18)26-2)21-20(22)12-27-17-9-10-28(23,24)13-17/h3-8,11,17H,9-10,12-13H2,1-2H3,(H,21,22)/t17-/m1/s1. The van der Waals surface area contributed by atoms with Crippen molar-refractivity contribution in [3.8, 4) is 22.6 Å². The van der Waals surface area contributed by atoms with Crippen molar-refractivity contribution >= 4 is 33.2 Å². The summed E-state index contributed by atoms with van der Waals surface area (Å²) in [6.45, 7) is 0. The molecule has 2 aromatic rings. The number of nitrogens with one attached hydrogen (secondary N) is 1. The molecule has 8 heteroatoms. The molecule has 1 heterocycles. The summed E-state index contributed by atoms with van der Waals surface area (Å²) in [4.78, 5) is 12.3. The van der Waals surface area contributed by atoms with Crippen LogP contribution in [0.1, 0.15) is 6.42 Å². The van der Waals surface area contributed by atoms with E-state index in [0.717, 1.165) is 16.9 Å². The largest absolute Gasteiger partial charge is 0.497 e. The van der Waals surface area contributed by atoms with E-state index in [1.807, 2.05) is 36.4 Å². The van der Waals surface area contributed by atoms with Gasteiger partial charge < -0.3 is 14.8 Å². The van der Waals surface area contributed by atoms with Gasteiger partial charge in [-0.15, -0.1) is 11.8 Å². The minimum atomic E-state index is -2.93. The summed E-state index contributed by atoms with van der Waals surface area (Å²) in [6, 6.07) is 13.1. The van der Waals surface area contributed by atoms with Crippen LogP contribution in [-0.2, 0) is 14.6 Å². The topological polar surface area (TPSA) is 81.7 Å². The molecule has 6 nitrogen and oxygen atoms in total. The lowest BCUT2D eigenvalue weighted by molar-refractivity contribution is -0.113. The maximum atomic E-state index is 12.3. The first kappa shape index (κ1) is 20.5. The summed E-state index contributed by atoms with van der Waals surface area (Å²) in [6.07, 6.45) is 0.616. The molecule has 0 aromatic heterocycles. The average Bonchev–Trinajstić information content (AvgIpc) is 3.05. The first-order valence-corrected chi connectivity index (χ1v) is 11.7. The predicted molar refractivity (Wildman–Crippen MR) is 113 cm³/mol. The van der Waals surface area contributed by atoms with Gasteiger partial charge in [-0.3, -0.25) is 4.79 Å². The number of ether oxygens (including phenoxy) is 2. The second-order valence-corrected chi connectivity index (χ2v) is 10.0. The molecular weight excluding hydrogens is 398 g/mol. The Morgan fingerprint density at radius 3 is 2.50 bits per heavy atom. The van der Waals surface area contributed by atoms with E-state index in [-0.39, 0.29) is 28.4 Å². The molecule has 0 spiro atoms. The summed E-state index contributed by atoms with van der Waals surface area (Å²) in [5.41, 5.74) is 2.47. The van der Waals surface area contributed by atoms with Gasteiger partial charge in [-0.25, -0.2) is 8.42 Å². The van der Waals surface area contributed by atoms with Crippen molar-refractivity contribution in [2.75, 3.05) is 36.8 Å². The molecule has 1 aliphatic heterocycles. The van der Waals surface area contributed by atoms with E-state index < -0.39 is 9.84 Å². The molecule has 0 radical (unpaired) electrons. The van der Waals surface area contributed by atoms with Crippen LogP contribution in [-0.4, -0.2) is 51.1 Å². The van der Waals surface area contributed by atoms with Crippen LogP contribution in [0.15, 0.2) is 42.5 Å². The minimum Gasteiger partial charge on any atom is -0.497 e. The predicted octanol–water partition coefficient (Wildman–Crippen LogP) is 3.23. The van der Waals surface area contributed by atoms with Crippen molar-refractivity contribution in [1.82, 2.24) is 0 Å². The third-order valence-corrected chi connectivity index (χ3v) is 7.81. The van der Waals surface area contributed by atoms with Crippen LogP contribution in [0.3, 0.4) is 0 Å². The SMILES string of the molecule is COc1ccc(-c2cc(NC(=O)CS[C@@H]3CCS(=O)(=O)C3)ccc2OC)cc1. The number of rotatable bonds is 7. The monoisotopic (exact) mass is 421 g/mol. The molecule has 2 aromatic carbocycles. The van der Waals surface area contributed by atoms with Gasteiger partial charge in [0, 0.05) is 16.5 Å². The number of methoxy groups -OCH3 is 2. The number of thioether (sulfide) groups is 1. The molecule has 1 aliphatic rings. The quantitative estimate of drug-likeness (QED) is 0.739. The Morgan fingerprint density at radius 1 is 1.14 bits per heavy atom. The van der Waals surface area contributed by atoms with Gasteiger partial charge in [0.2, 0.25) is 5.91 Å². The van der Waals surface area contributed by atoms with Crippen molar-refractivity contribution in [2.45, 2.75) is 11.7 Å². The van der Waals surface area contributed by atoms with E-state index in [1.54, 1.807) is 20.3 Å². The lowest BCUT2D eigenvalue weighted by Crippen LogP contribution is -2.17. The van der Waals surface area contributed by atoms with Crippen LogP contribution in [0.5, 0.6) is 11.5 Å². The highest BCUT2D eigenvalue weighted by Gasteiger charge is 2.28. The second-order valence-electron chi connectivity index (χ2n) is 6.53. The normalized spacial score (nSPS) is 17.9. The Bertz CT molecular complexity index is 942. The molecule has 0 saturated carbocycles. The van der Waals surface area contributed by atoms with Gasteiger partial charge in [-0.05, 0) is 42.3 Å². The fourth-order valence-corrected chi connectivity index (χ4v) is 6.51. The molecule has 3 rings (SSSR count).